The number of aryl methyl sites for hydroxylation is 2. The average Bonchev–Trinajstić information content (AvgIpc) is 3.20. The monoisotopic (exact) mass is 538 g/mol. The number of pyridine rings is 2. The molecule has 2 N–H and O–H groups in total. The first-order valence-electron chi connectivity index (χ1n) is 11.3. The van der Waals surface area contributed by atoms with E-state index in [0.29, 0.717) is 33.4 Å². The fourth-order valence-corrected chi connectivity index (χ4v) is 5.17. The van der Waals surface area contributed by atoms with Gasteiger partial charge in [-0.15, -0.1) is 0 Å². The standard InChI is InChI=1S/C26H23ClN4O5S/c1-13-9-18(16(4)35-20-6-7-21(27)30-26(20)37(28,33)34)25-19(10-13)23(32)15(3)24(36-25)17-5-8-22-29-14(2)11-31(22)12-17/h5-12,16H,1-4H3,(H2,28,33,34)/t16-/m1/s1. The van der Waals surface area contributed by atoms with Crippen LogP contribution in [0.4, 0.5) is 0 Å². The minimum absolute atomic E-state index is 0.0406. The predicted molar refractivity (Wildman–Crippen MR) is 141 cm³/mol. The topological polar surface area (TPSA) is 130 Å². The molecule has 5 aromatic rings. The Balaban J connectivity index is 1.68. The number of imidazole rings is 1. The molecule has 0 unspecified atom stereocenters. The first-order chi connectivity index (χ1) is 17.4. The van der Waals surface area contributed by atoms with Crippen molar-refractivity contribution in [3.05, 3.63) is 86.6 Å². The molecule has 1 atom stereocenters. The van der Waals surface area contributed by atoms with Crippen LogP contribution in [0.1, 0.15) is 35.4 Å². The summed E-state index contributed by atoms with van der Waals surface area (Å²) in [5.41, 5.74) is 4.36. The number of primary sulfonamides is 1. The number of nitrogens with zero attached hydrogens (tertiary/aromatic N) is 3. The molecule has 9 nitrogen and oxygen atoms in total. The van der Waals surface area contributed by atoms with Gasteiger partial charge < -0.3 is 13.6 Å². The van der Waals surface area contributed by atoms with Crippen molar-refractivity contribution in [3.63, 3.8) is 0 Å². The van der Waals surface area contributed by atoms with E-state index in [2.05, 4.69) is 9.97 Å². The summed E-state index contributed by atoms with van der Waals surface area (Å²) in [6, 6.07) is 10.1. The molecule has 4 heterocycles. The Bertz CT molecular complexity index is 1880. The van der Waals surface area contributed by atoms with Crippen molar-refractivity contribution in [2.75, 3.05) is 0 Å². The summed E-state index contributed by atoms with van der Waals surface area (Å²) in [5, 5.41) is 5.20. The number of fused-ring (bicyclic) bond motifs is 2. The van der Waals surface area contributed by atoms with Crippen molar-refractivity contribution in [1.82, 2.24) is 14.4 Å². The minimum Gasteiger partial charge on any atom is -0.483 e. The predicted octanol–water partition coefficient (Wildman–Crippen LogP) is 4.87. The molecule has 0 saturated heterocycles. The van der Waals surface area contributed by atoms with E-state index in [1.807, 2.05) is 48.8 Å². The van der Waals surface area contributed by atoms with Crippen LogP contribution in [0.3, 0.4) is 0 Å². The Morgan fingerprint density at radius 1 is 1.08 bits per heavy atom. The first kappa shape index (κ1) is 24.9. The van der Waals surface area contributed by atoms with E-state index in [0.717, 1.165) is 16.9 Å². The second-order valence-electron chi connectivity index (χ2n) is 8.92. The number of hydrogen-bond acceptors (Lipinski definition) is 7. The van der Waals surface area contributed by atoms with E-state index in [1.165, 1.54) is 12.1 Å². The molecule has 37 heavy (non-hydrogen) atoms. The highest BCUT2D eigenvalue weighted by atomic mass is 35.5. The van der Waals surface area contributed by atoms with E-state index in [4.69, 9.17) is 25.9 Å². The molecular weight excluding hydrogens is 516 g/mol. The highest BCUT2D eigenvalue weighted by molar-refractivity contribution is 7.89. The van der Waals surface area contributed by atoms with Gasteiger partial charge in [-0.05, 0) is 69.7 Å². The number of benzene rings is 1. The number of ether oxygens (including phenoxy) is 1. The highest BCUT2D eigenvalue weighted by Crippen LogP contribution is 2.34. The van der Waals surface area contributed by atoms with Gasteiger partial charge in [-0.25, -0.2) is 23.5 Å². The Morgan fingerprint density at radius 2 is 1.84 bits per heavy atom. The van der Waals surface area contributed by atoms with Crippen molar-refractivity contribution >= 4 is 38.2 Å². The van der Waals surface area contributed by atoms with Gasteiger partial charge in [0.25, 0.3) is 10.0 Å². The van der Waals surface area contributed by atoms with E-state index in [9.17, 15) is 13.2 Å². The van der Waals surface area contributed by atoms with E-state index < -0.39 is 21.2 Å². The second kappa shape index (κ2) is 8.98. The largest absolute Gasteiger partial charge is 0.483 e. The van der Waals surface area contributed by atoms with Gasteiger partial charge in [0.1, 0.15) is 28.2 Å². The SMILES string of the molecule is Cc1cc([C@@H](C)Oc2ccc(Cl)nc2S(N)(=O)=O)c2oc(-c3ccc4nc(C)cn4c3)c(C)c(=O)c2c1. The van der Waals surface area contributed by atoms with Crippen LogP contribution in [0.15, 0.2) is 63.0 Å². The third-order valence-electron chi connectivity index (χ3n) is 6.03. The van der Waals surface area contributed by atoms with Crippen LogP contribution in [0, 0.1) is 20.8 Å². The maximum atomic E-state index is 13.5. The smallest absolute Gasteiger partial charge is 0.259 e. The van der Waals surface area contributed by atoms with Crippen LogP contribution < -0.4 is 15.3 Å². The fourth-order valence-electron chi connectivity index (χ4n) is 4.35. The molecule has 0 aliphatic carbocycles. The number of halogens is 1. The molecule has 0 aliphatic rings. The van der Waals surface area contributed by atoms with Crippen molar-refractivity contribution in [2.45, 2.75) is 38.8 Å². The van der Waals surface area contributed by atoms with Crippen molar-refractivity contribution < 1.29 is 17.6 Å². The lowest BCUT2D eigenvalue weighted by molar-refractivity contribution is 0.219. The molecule has 0 amide bonds. The fraction of sp³-hybridized carbons (Fsp3) is 0.192. The molecule has 190 valence electrons. The number of sulfonamides is 1. The lowest BCUT2D eigenvalue weighted by Gasteiger charge is -2.19. The Hall–Kier alpha value is -3.73. The third kappa shape index (κ3) is 4.59. The molecule has 4 aromatic heterocycles. The Morgan fingerprint density at radius 3 is 2.57 bits per heavy atom. The highest BCUT2D eigenvalue weighted by Gasteiger charge is 2.24. The molecule has 0 radical (unpaired) electrons. The van der Waals surface area contributed by atoms with Gasteiger partial charge in [-0.2, -0.15) is 0 Å². The van der Waals surface area contributed by atoms with Crippen molar-refractivity contribution in [1.29, 1.82) is 0 Å². The van der Waals surface area contributed by atoms with E-state index >= 15 is 0 Å². The lowest BCUT2D eigenvalue weighted by atomic mass is 10.0. The van der Waals surface area contributed by atoms with Crippen LogP contribution in [-0.2, 0) is 10.0 Å². The molecule has 11 heteroatoms. The molecule has 0 bridgehead atoms. The summed E-state index contributed by atoms with van der Waals surface area (Å²) in [5.74, 6) is 0.353. The van der Waals surface area contributed by atoms with Gasteiger partial charge in [0.2, 0.25) is 5.03 Å². The van der Waals surface area contributed by atoms with Crippen LogP contribution in [0.25, 0.3) is 27.9 Å². The first-order valence-corrected chi connectivity index (χ1v) is 13.2. The maximum absolute atomic E-state index is 13.5. The molecule has 0 aliphatic heterocycles. The third-order valence-corrected chi connectivity index (χ3v) is 7.07. The normalized spacial score (nSPS) is 12.8. The molecular formula is C26H23ClN4O5S. The molecule has 0 spiro atoms. The van der Waals surface area contributed by atoms with Gasteiger partial charge in [0, 0.05) is 29.1 Å². The Labute approximate surface area is 217 Å². The number of nitrogens with two attached hydrogens (primary N) is 1. The zero-order chi connectivity index (χ0) is 26.6. The maximum Gasteiger partial charge on any atom is 0.259 e. The van der Waals surface area contributed by atoms with Gasteiger partial charge in [0.05, 0.1) is 11.1 Å². The Kier molecular flexibility index (Phi) is 6.06. The minimum atomic E-state index is -4.21. The van der Waals surface area contributed by atoms with Gasteiger partial charge in [0.15, 0.2) is 11.2 Å². The van der Waals surface area contributed by atoms with Crippen LogP contribution in [-0.4, -0.2) is 22.8 Å². The van der Waals surface area contributed by atoms with E-state index in [1.54, 1.807) is 19.9 Å². The zero-order valence-electron chi connectivity index (χ0n) is 20.4. The molecule has 0 fully saturated rings. The summed E-state index contributed by atoms with van der Waals surface area (Å²) in [6.07, 6.45) is 3.02. The zero-order valence-corrected chi connectivity index (χ0v) is 22.0. The number of hydrogen-bond donors (Lipinski definition) is 1. The van der Waals surface area contributed by atoms with Crippen LogP contribution >= 0.6 is 11.6 Å². The quantitative estimate of drug-likeness (QED) is 0.316. The summed E-state index contributed by atoms with van der Waals surface area (Å²) < 4.78 is 38.4. The van der Waals surface area contributed by atoms with Gasteiger partial charge in [-0.1, -0.05) is 11.6 Å². The van der Waals surface area contributed by atoms with Crippen LogP contribution in [0.5, 0.6) is 5.75 Å². The summed E-state index contributed by atoms with van der Waals surface area (Å²) in [4.78, 5) is 21.7. The van der Waals surface area contributed by atoms with Crippen molar-refractivity contribution in [3.8, 4) is 17.1 Å². The second-order valence-corrected chi connectivity index (χ2v) is 10.8. The van der Waals surface area contributed by atoms with Crippen LogP contribution in [0.2, 0.25) is 5.15 Å². The van der Waals surface area contributed by atoms with Gasteiger partial charge in [-0.3, -0.25) is 4.79 Å². The summed E-state index contributed by atoms with van der Waals surface area (Å²) in [6.45, 7) is 7.20. The summed E-state index contributed by atoms with van der Waals surface area (Å²) >= 11 is 5.88. The van der Waals surface area contributed by atoms with E-state index in [-0.39, 0.29) is 16.3 Å². The number of aromatic nitrogens is 3. The number of rotatable bonds is 5. The molecule has 1 aromatic carbocycles. The molecule has 0 saturated carbocycles. The lowest BCUT2D eigenvalue weighted by Crippen LogP contribution is -2.17. The molecule has 5 rings (SSSR count). The van der Waals surface area contributed by atoms with Crippen molar-refractivity contribution in [2.24, 2.45) is 5.14 Å². The van der Waals surface area contributed by atoms with Gasteiger partial charge >= 0.3 is 0 Å². The summed E-state index contributed by atoms with van der Waals surface area (Å²) in [7, 11) is -4.21. The average molecular weight is 539 g/mol.